The minimum absolute atomic E-state index is 0.117. The maximum atomic E-state index is 13.2. The Morgan fingerprint density at radius 2 is 1.54 bits per heavy atom. The highest BCUT2D eigenvalue weighted by molar-refractivity contribution is 7.98. The van der Waals surface area contributed by atoms with Gasteiger partial charge in [-0.1, -0.05) is 20.3 Å². The summed E-state index contributed by atoms with van der Waals surface area (Å²) < 4.78 is 0. The quantitative estimate of drug-likeness (QED) is 0.0528. The van der Waals surface area contributed by atoms with E-state index < -0.39 is 66.2 Å². The molecule has 37 heavy (non-hydrogen) atoms. The monoisotopic (exact) mass is 547 g/mol. The van der Waals surface area contributed by atoms with Crippen LogP contribution in [-0.4, -0.2) is 88.6 Å². The second-order valence-corrected chi connectivity index (χ2v) is 9.59. The number of carboxylic acid groups (broad SMARTS) is 2. The Morgan fingerprint density at radius 1 is 0.919 bits per heavy atom. The second-order valence-electron chi connectivity index (χ2n) is 8.60. The number of guanidine groups is 1. The summed E-state index contributed by atoms with van der Waals surface area (Å²) in [6, 6.07) is -4.47. The van der Waals surface area contributed by atoms with Crippen LogP contribution in [0.25, 0.3) is 0 Å². The molecular formula is C22H41N7O7S. The summed E-state index contributed by atoms with van der Waals surface area (Å²) in [7, 11) is 0. The smallest absolute Gasteiger partial charge is 0.326 e. The van der Waals surface area contributed by atoms with E-state index in [1.54, 1.807) is 13.8 Å². The van der Waals surface area contributed by atoms with Crippen molar-refractivity contribution in [3.63, 3.8) is 0 Å². The summed E-state index contributed by atoms with van der Waals surface area (Å²) >= 11 is 1.52. The molecule has 15 heteroatoms. The number of rotatable bonds is 19. The van der Waals surface area contributed by atoms with E-state index in [-0.39, 0.29) is 25.3 Å². The molecule has 5 unspecified atom stereocenters. The molecule has 0 aromatic rings. The predicted octanol–water partition coefficient (Wildman–Crippen LogP) is -1.43. The van der Waals surface area contributed by atoms with Gasteiger partial charge in [-0.25, -0.2) is 4.79 Å². The molecule has 0 spiro atoms. The molecule has 0 heterocycles. The minimum Gasteiger partial charge on any atom is -0.481 e. The Labute approximate surface area is 220 Å². The van der Waals surface area contributed by atoms with Crippen LogP contribution in [0.5, 0.6) is 0 Å². The molecule has 0 aliphatic rings. The molecule has 0 aliphatic carbocycles. The lowest BCUT2D eigenvalue weighted by molar-refractivity contribution is -0.143. The Hall–Kier alpha value is -3.07. The summed E-state index contributed by atoms with van der Waals surface area (Å²) in [5, 5.41) is 25.7. The van der Waals surface area contributed by atoms with Gasteiger partial charge in [0, 0.05) is 13.0 Å². The molecule has 0 aliphatic heterocycles. The standard InChI is InChI=1S/C22H41N7O7S/c1-4-12(2)17(20(34)28-15(21(35)36)7-8-16(30)31)29-19(33)14(6-5-10-26-22(24)25)27-18(32)13(23)9-11-37-3/h12-15,17H,4-11,23H2,1-3H3,(H,27,32)(H,28,34)(H,29,33)(H,30,31)(H,35,36)(H4,24,25,26). The third-order valence-corrected chi connectivity index (χ3v) is 6.25. The van der Waals surface area contributed by atoms with E-state index in [0.717, 1.165) is 0 Å². The molecule has 14 nitrogen and oxygen atoms in total. The number of hydrogen-bond donors (Lipinski definition) is 8. The molecule has 3 amide bonds. The van der Waals surface area contributed by atoms with Crippen molar-refractivity contribution < 1.29 is 34.2 Å². The highest BCUT2D eigenvalue weighted by Crippen LogP contribution is 2.11. The zero-order chi connectivity index (χ0) is 28.5. The van der Waals surface area contributed by atoms with Gasteiger partial charge in [-0.15, -0.1) is 0 Å². The van der Waals surface area contributed by atoms with E-state index in [4.69, 9.17) is 22.3 Å². The van der Waals surface area contributed by atoms with Crippen LogP contribution in [-0.2, 0) is 24.0 Å². The summed E-state index contributed by atoms with van der Waals surface area (Å²) in [5.41, 5.74) is 16.6. The van der Waals surface area contributed by atoms with Gasteiger partial charge in [-0.2, -0.15) is 11.8 Å². The normalized spacial score (nSPS) is 14.8. The minimum atomic E-state index is -1.45. The number of thioether (sulfide) groups is 1. The molecule has 0 saturated carbocycles. The van der Waals surface area contributed by atoms with Gasteiger partial charge in [0.25, 0.3) is 0 Å². The fourth-order valence-corrected chi connectivity index (χ4v) is 3.66. The van der Waals surface area contributed by atoms with Gasteiger partial charge in [0.2, 0.25) is 17.7 Å². The highest BCUT2D eigenvalue weighted by atomic mass is 32.2. The van der Waals surface area contributed by atoms with Crippen LogP contribution in [0.15, 0.2) is 4.99 Å². The van der Waals surface area contributed by atoms with E-state index in [0.29, 0.717) is 25.0 Å². The van der Waals surface area contributed by atoms with Crippen molar-refractivity contribution in [1.82, 2.24) is 16.0 Å². The van der Waals surface area contributed by atoms with Crippen LogP contribution in [0.1, 0.15) is 52.4 Å². The Balaban J connectivity index is 5.63. The van der Waals surface area contributed by atoms with E-state index >= 15 is 0 Å². The Morgan fingerprint density at radius 3 is 2.05 bits per heavy atom. The van der Waals surface area contributed by atoms with Crippen LogP contribution in [0.4, 0.5) is 0 Å². The molecule has 0 bridgehead atoms. The lowest BCUT2D eigenvalue weighted by Gasteiger charge is -2.28. The van der Waals surface area contributed by atoms with Gasteiger partial charge in [0.1, 0.15) is 18.1 Å². The SMILES string of the molecule is CCC(C)C(NC(=O)C(CCCN=C(N)N)NC(=O)C(N)CCSC)C(=O)NC(CCC(=O)O)C(=O)O. The number of aliphatic imine (C=N–C) groups is 1. The van der Waals surface area contributed by atoms with Crippen LogP contribution in [0, 0.1) is 5.92 Å². The zero-order valence-corrected chi connectivity index (χ0v) is 22.4. The Kier molecular flexibility index (Phi) is 16.7. The van der Waals surface area contributed by atoms with Crippen molar-refractivity contribution in [1.29, 1.82) is 0 Å². The van der Waals surface area contributed by atoms with Gasteiger partial charge >= 0.3 is 11.9 Å². The van der Waals surface area contributed by atoms with Gasteiger partial charge < -0.3 is 43.4 Å². The molecule has 5 atom stereocenters. The number of hydrogen-bond acceptors (Lipinski definition) is 8. The van der Waals surface area contributed by atoms with E-state index in [1.165, 1.54) is 11.8 Å². The average molecular weight is 548 g/mol. The maximum Gasteiger partial charge on any atom is 0.326 e. The molecule has 0 fully saturated rings. The molecule has 0 rings (SSSR count). The topological polar surface area (TPSA) is 252 Å². The van der Waals surface area contributed by atoms with Crippen LogP contribution < -0.4 is 33.2 Å². The van der Waals surface area contributed by atoms with E-state index in [9.17, 15) is 29.1 Å². The number of carbonyl (C=O) groups is 5. The molecule has 0 saturated heterocycles. The molecule has 11 N–H and O–H groups in total. The number of aliphatic carboxylic acids is 2. The highest BCUT2D eigenvalue weighted by Gasteiger charge is 2.32. The molecule has 0 radical (unpaired) electrons. The first kappa shape index (κ1) is 33.9. The van der Waals surface area contributed by atoms with Gasteiger partial charge in [0.05, 0.1) is 6.04 Å². The van der Waals surface area contributed by atoms with E-state index in [1.807, 2.05) is 6.26 Å². The van der Waals surface area contributed by atoms with Crippen molar-refractivity contribution in [2.24, 2.45) is 28.1 Å². The van der Waals surface area contributed by atoms with Gasteiger partial charge in [0.15, 0.2) is 5.96 Å². The fourth-order valence-electron chi connectivity index (χ4n) is 3.17. The molecule has 0 aromatic carbocycles. The van der Waals surface area contributed by atoms with Gasteiger partial charge in [-0.3, -0.25) is 24.2 Å². The lowest BCUT2D eigenvalue weighted by atomic mass is 9.96. The summed E-state index contributed by atoms with van der Waals surface area (Å²) in [6.45, 7) is 3.69. The van der Waals surface area contributed by atoms with Crippen LogP contribution in [0.3, 0.4) is 0 Å². The van der Waals surface area contributed by atoms with Crippen molar-refractivity contribution in [3.05, 3.63) is 0 Å². The number of nitrogens with one attached hydrogen (secondary N) is 3. The van der Waals surface area contributed by atoms with Crippen LogP contribution >= 0.6 is 11.8 Å². The number of carbonyl (C=O) groups excluding carboxylic acids is 3. The first-order valence-corrected chi connectivity index (χ1v) is 13.4. The molecule has 0 aromatic heterocycles. The number of amides is 3. The molecular weight excluding hydrogens is 506 g/mol. The summed E-state index contributed by atoms with van der Waals surface area (Å²) in [6.07, 6.45) is 2.45. The zero-order valence-electron chi connectivity index (χ0n) is 21.6. The molecule has 212 valence electrons. The number of carboxylic acids is 2. The first-order valence-electron chi connectivity index (χ1n) is 12.0. The number of nitrogens with two attached hydrogens (primary N) is 3. The largest absolute Gasteiger partial charge is 0.481 e. The van der Waals surface area contributed by atoms with Crippen molar-refractivity contribution in [2.45, 2.75) is 76.5 Å². The van der Waals surface area contributed by atoms with E-state index in [2.05, 4.69) is 20.9 Å². The summed E-state index contributed by atoms with van der Waals surface area (Å²) in [5.74, 6) is -4.43. The lowest BCUT2D eigenvalue weighted by Crippen LogP contribution is -2.58. The number of nitrogens with zero attached hydrogens (tertiary/aromatic N) is 1. The third-order valence-electron chi connectivity index (χ3n) is 5.60. The first-order chi connectivity index (χ1) is 17.3. The maximum absolute atomic E-state index is 13.2. The van der Waals surface area contributed by atoms with Crippen molar-refractivity contribution >= 4 is 47.4 Å². The summed E-state index contributed by atoms with van der Waals surface area (Å²) in [4.78, 5) is 64.9. The van der Waals surface area contributed by atoms with Crippen molar-refractivity contribution in [2.75, 3.05) is 18.6 Å². The van der Waals surface area contributed by atoms with Crippen LogP contribution in [0.2, 0.25) is 0 Å². The second kappa shape index (κ2) is 18.2. The third kappa shape index (κ3) is 14.3. The predicted molar refractivity (Wildman–Crippen MR) is 141 cm³/mol. The van der Waals surface area contributed by atoms with Crippen molar-refractivity contribution in [3.8, 4) is 0 Å². The van der Waals surface area contributed by atoms with Gasteiger partial charge in [-0.05, 0) is 43.6 Å². The average Bonchev–Trinajstić information content (AvgIpc) is 2.83. The fraction of sp³-hybridized carbons (Fsp3) is 0.727. The Bertz CT molecular complexity index is 808.